The largest absolute Gasteiger partial charge is 0.367 e. The second-order valence-corrected chi connectivity index (χ2v) is 6.04. The number of benzene rings is 2. The molecule has 2 aromatic rings. The molecule has 0 radical (unpaired) electrons. The molecule has 1 aliphatic heterocycles. The Bertz CT molecular complexity index is 788. The predicted octanol–water partition coefficient (Wildman–Crippen LogP) is 3.47. The van der Waals surface area contributed by atoms with E-state index >= 15 is 0 Å². The molecule has 0 spiro atoms. The van der Waals surface area contributed by atoms with Crippen LogP contribution in [0, 0.1) is 11.3 Å². The van der Waals surface area contributed by atoms with E-state index in [2.05, 4.69) is 23.2 Å². The smallest absolute Gasteiger partial charge is 0.321 e. The second kappa shape index (κ2) is 7.71. The van der Waals surface area contributed by atoms with Crippen LogP contribution in [-0.4, -0.2) is 37.1 Å². The molecule has 128 valence electrons. The fourth-order valence-electron chi connectivity index (χ4n) is 3.14. The average molecular weight is 334 g/mol. The Hall–Kier alpha value is -3.00. The van der Waals surface area contributed by atoms with Crippen molar-refractivity contribution in [2.45, 2.75) is 13.3 Å². The van der Waals surface area contributed by atoms with Gasteiger partial charge < -0.3 is 15.1 Å². The fourth-order valence-corrected chi connectivity index (χ4v) is 3.14. The van der Waals surface area contributed by atoms with E-state index in [1.54, 1.807) is 0 Å². The second-order valence-electron chi connectivity index (χ2n) is 6.04. The third-order valence-electron chi connectivity index (χ3n) is 4.57. The monoisotopic (exact) mass is 334 g/mol. The number of para-hydroxylation sites is 2. The number of hydrogen-bond acceptors (Lipinski definition) is 3. The van der Waals surface area contributed by atoms with Gasteiger partial charge in [-0.3, -0.25) is 0 Å². The van der Waals surface area contributed by atoms with Gasteiger partial charge in [-0.15, -0.1) is 0 Å². The van der Waals surface area contributed by atoms with Crippen molar-refractivity contribution in [1.29, 1.82) is 5.26 Å². The van der Waals surface area contributed by atoms with Gasteiger partial charge in [0, 0.05) is 31.9 Å². The van der Waals surface area contributed by atoms with Crippen LogP contribution in [0.2, 0.25) is 0 Å². The van der Waals surface area contributed by atoms with Gasteiger partial charge in [-0.1, -0.05) is 37.3 Å². The van der Waals surface area contributed by atoms with Gasteiger partial charge in [0.2, 0.25) is 0 Å². The lowest BCUT2D eigenvalue weighted by atomic mass is 10.1. The Kier molecular flexibility index (Phi) is 5.20. The summed E-state index contributed by atoms with van der Waals surface area (Å²) in [5.41, 5.74) is 3.64. The van der Waals surface area contributed by atoms with Crippen molar-refractivity contribution in [2.24, 2.45) is 0 Å². The summed E-state index contributed by atoms with van der Waals surface area (Å²) in [5.74, 6) is 0. The molecule has 2 amide bonds. The number of hydrogen-bond donors (Lipinski definition) is 1. The number of rotatable bonds is 3. The van der Waals surface area contributed by atoms with Crippen molar-refractivity contribution in [2.75, 3.05) is 36.4 Å². The highest BCUT2D eigenvalue weighted by molar-refractivity contribution is 5.90. The van der Waals surface area contributed by atoms with Gasteiger partial charge in [0.1, 0.15) is 6.07 Å². The minimum Gasteiger partial charge on any atom is -0.367 e. The zero-order valence-electron chi connectivity index (χ0n) is 14.4. The van der Waals surface area contributed by atoms with E-state index in [1.807, 2.05) is 53.4 Å². The molecule has 0 saturated carbocycles. The molecule has 0 aliphatic carbocycles. The van der Waals surface area contributed by atoms with Crippen molar-refractivity contribution in [3.63, 3.8) is 0 Å². The van der Waals surface area contributed by atoms with Gasteiger partial charge in [-0.2, -0.15) is 5.26 Å². The lowest BCUT2D eigenvalue weighted by Gasteiger charge is -2.36. The topological polar surface area (TPSA) is 59.4 Å². The maximum absolute atomic E-state index is 12.5. The van der Waals surface area contributed by atoms with Crippen LogP contribution in [0.25, 0.3) is 0 Å². The van der Waals surface area contributed by atoms with Crippen molar-refractivity contribution in [3.05, 3.63) is 59.7 Å². The number of nitrogens with zero attached hydrogens (tertiary/aromatic N) is 3. The number of carbonyl (C=O) groups is 1. The summed E-state index contributed by atoms with van der Waals surface area (Å²) in [7, 11) is 0. The number of amides is 2. The Balaban J connectivity index is 1.62. The number of nitriles is 1. The van der Waals surface area contributed by atoms with Crippen LogP contribution in [0.15, 0.2) is 48.5 Å². The van der Waals surface area contributed by atoms with Crippen LogP contribution >= 0.6 is 0 Å². The quantitative estimate of drug-likeness (QED) is 0.935. The minimum absolute atomic E-state index is 0.0610. The summed E-state index contributed by atoms with van der Waals surface area (Å²) in [6, 6.07) is 17.7. The first-order chi connectivity index (χ1) is 12.2. The molecule has 1 saturated heterocycles. The number of urea groups is 1. The van der Waals surface area contributed by atoms with Crippen molar-refractivity contribution in [1.82, 2.24) is 4.90 Å². The first-order valence-electron chi connectivity index (χ1n) is 8.61. The molecule has 0 aromatic heterocycles. The highest BCUT2D eigenvalue weighted by Crippen LogP contribution is 2.22. The Morgan fingerprint density at radius 1 is 1.08 bits per heavy atom. The molecule has 1 aliphatic rings. The molecule has 1 N–H and O–H groups in total. The minimum atomic E-state index is -0.0610. The number of aryl methyl sites for hydroxylation is 1. The number of piperazine rings is 1. The maximum atomic E-state index is 12.5. The summed E-state index contributed by atoms with van der Waals surface area (Å²) < 4.78 is 0. The first kappa shape index (κ1) is 16.8. The van der Waals surface area contributed by atoms with E-state index in [-0.39, 0.29) is 6.03 Å². The van der Waals surface area contributed by atoms with Crippen LogP contribution in [0.3, 0.4) is 0 Å². The van der Waals surface area contributed by atoms with E-state index in [4.69, 9.17) is 0 Å². The molecule has 0 atom stereocenters. The molecular weight excluding hydrogens is 312 g/mol. The third-order valence-corrected chi connectivity index (χ3v) is 4.57. The van der Waals surface area contributed by atoms with Gasteiger partial charge in [0.05, 0.1) is 11.3 Å². The van der Waals surface area contributed by atoms with E-state index < -0.39 is 0 Å². The van der Waals surface area contributed by atoms with Crippen LogP contribution in [0.1, 0.15) is 18.1 Å². The maximum Gasteiger partial charge on any atom is 0.321 e. The predicted molar refractivity (Wildman–Crippen MR) is 99.8 cm³/mol. The fraction of sp³-hybridized carbons (Fsp3) is 0.300. The van der Waals surface area contributed by atoms with Gasteiger partial charge >= 0.3 is 6.03 Å². The van der Waals surface area contributed by atoms with Crippen molar-refractivity contribution >= 4 is 17.4 Å². The highest BCUT2D eigenvalue weighted by atomic mass is 16.2. The molecule has 2 aromatic carbocycles. The van der Waals surface area contributed by atoms with E-state index in [0.29, 0.717) is 18.7 Å². The molecule has 25 heavy (non-hydrogen) atoms. The van der Waals surface area contributed by atoms with Crippen molar-refractivity contribution in [3.8, 4) is 6.07 Å². The summed E-state index contributed by atoms with van der Waals surface area (Å²) in [5, 5.41) is 12.3. The zero-order valence-corrected chi connectivity index (χ0v) is 14.4. The number of carbonyl (C=O) groups excluding carboxylic acids is 1. The van der Waals surface area contributed by atoms with Crippen LogP contribution < -0.4 is 10.2 Å². The molecule has 5 nitrogen and oxygen atoms in total. The average Bonchev–Trinajstić information content (AvgIpc) is 2.68. The molecule has 1 fully saturated rings. The van der Waals surface area contributed by atoms with Crippen LogP contribution in [-0.2, 0) is 6.42 Å². The van der Waals surface area contributed by atoms with Crippen LogP contribution in [0.5, 0.6) is 0 Å². The number of anilines is 2. The standard InChI is InChI=1S/C20H22N4O/c1-2-16-7-3-5-9-18(16)22-20(25)24-13-11-23(12-14-24)19-10-6-4-8-17(19)15-21/h3-10H,2,11-14H2,1H3,(H,22,25). The van der Waals surface area contributed by atoms with E-state index in [1.165, 1.54) is 0 Å². The van der Waals surface area contributed by atoms with Crippen LogP contribution in [0.4, 0.5) is 16.2 Å². The summed E-state index contributed by atoms with van der Waals surface area (Å²) >= 11 is 0. The molecule has 1 heterocycles. The summed E-state index contributed by atoms with van der Waals surface area (Å²) in [6.45, 7) is 4.80. The Morgan fingerprint density at radius 2 is 1.76 bits per heavy atom. The molecule has 0 bridgehead atoms. The highest BCUT2D eigenvalue weighted by Gasteiger charge is 2.22. The lowest BCUT2D eigenvalue weighted by molar-refractivity contribution is 0.208. The van der Waals surface area contributed by atoms with Gasteiger partial charge in [-0.05, 0) is 30.2 Å². The first-order valence-corrected chi connectivity index (χ1v) is 8.61. The molecule has 0 unspecified atom stereocenters. The SMILES string of the molecule is CCc1ccccc1NC(=O)N1CCN(c2ccccc2C#N)CC1. The molecule has 3 rings (SSSR count). The Labute approximate surface area is 148 Å². The Morgan fingerprint density at radius 3 is 2.48 bits per heavy atom. The summed E-state index contributed by atoms with van der Waals surface area (Å²) in [4.78, 5) is 16.5. The van der Waals surface area contributed by atoms with Gasteiger partial charge in [0.15, 0.2) is 0 Å². The molecule has 5 heteroatoms. The van der Waals surface area contributed by atoms with Crippen molar-refractivity contribution < 1.29 is 4.79 Å². The zero-order chi connectivity index (χ0) is 17.6. The van der Waals surface area contributed by atoms with Gasteiger partial charge in [0.25, 0.3) is 0 Å². The van der Waals surface area contributed by atoms with E-state index in [0.717, 1.165) is 36.4 Å². The van der Waals surface area contributed by atoms with E-state index in [9.17, 15) is 10.1 Å². The number of nitrogens with one attached hydrogen (secondary N) is 1. The molecular formula is C20H22N4O. The van der Waals surface area contributed by atoms with Gasteiger partial charge in [-0.25, -0.2) is 4.79 Å². The lowest BCUT2D eigenvalue weighted by Crippen LogP contribution is -2.50. The summed E-state index contributed by atoms with van der Waals surface area (Å²) in [6.07, 6.45) is 0.884. The third kappa shape index (κ3) is 3.74. The normalized spacial score (nSPS) is 14.1.